The zero-order valence-corrected chi connectivity index (χ0v) is 21.4. The highest BCUT2D eigenvalue weighted by atomic mass is 19.1. The molecule has 1 saturated heterocycles. The molecule has 3 aromatic heterocycles. The number of amides is 1. The van der Waals surface area contributed by atoms with Crippen molar-refractivity contribution in [1.29, 1.82) is 0 Å². The van der Waals surface area contributed by atoms with E-state index >= 15 is 4.39 Å². The fourth-order valence-electron chi connectivity index (χ4n) is 6.52. The van der Waals surface area contributed by atoms with E-state index in [0.29, 0.717) is 36.3 Å². The molecule has 3 N–H and O–H groups in total. The third-order valence-electron chi connectivity index (χ3n) is 8.82. The largest absolute Gasteiger partial charge is 0.443 e. The van der Waals surface area contributed by atoms with Gasteiger partial charge >= 0.3 is 6.09 Å². The van der Waals surface area contributed by atoms with Gasteiger partial charge in [0, 0.05) is 61.9 Å². The van der Waals surface area contributed by atoms with Crippen LogP contribution < -0.4 is 10.6 Å². The number of methoxy groups -OCH3 is 1. The van der Waals surface area contributed by atoms with Crippen molar-refractivity contribution in [2.24, 2.45) is 5.92 Å². The molecule has 1 aliphatic heterocycles. The minimum atomic E-state index is -1.29. The molecule has 202 valence electrons. The second-order valence-corrected chi connectivity index (χ2v) is 11.4. The molecule has 3 aromatic rings. The number of alkyl carbamates (subject to hydrolysis) is 1. The molecule has 0 radical (unpaired) electrons. The van der Waals surface area contributed by atoms with Gasteiger partial charge in [0.25, 0.3) is 0 Å². The molecule has 38 heavy (non-hydrogen) atoms. The number of fused-ring (bicyclic) bond motifs is 1. The predicted octanol–water partition coefficient (Wildman–Crippen LogP) is 3.28. The van der Waals surface area contributed by atoms with E-state index < -0.39 is 24.3 Å². The first-order valence-corrected chi connectivity index (χ1v) is 13.5. The number of nitrogens with zero attached hydrogens (tertiary/aromatic N) is 5. The number of rotatable bonds is 9. The van der Waals surface area contributed by atoms with E-state index in [1.165, 1.54) is 0 Å². The summed E-state index contributed by atoms with van der Waals surface area (Å²) in [5.41, 5.74) is 2.34. The lowest BCUT2D eigenvalue weighted by Gasteiger charge is -2.61. The maximum Gasteiger partial charge on any atom is 0.407 e. The first-order chi connectivity index (χ1) is 18.5. The van der Waals surface area contributed by atoms with Crippen molar-refractivity contribution < 1.29 is 18.7 Å². The monoisotopic (exact) mass is 524 g/mol. The Labute approximate surface area is 219 Å². The fourth-order valence-corrected chi connectivity index (χ4v) is 6.52. The summed E-state index contributed by atoms with van der Waals surface area (Å²) in [6.07, 6.45) is 6.42. The number of likely N-dealkylation sites (tertiary alicyclic amines) is 1. The number of aromatic nitrogens is 5. The van der Waals surface area contributed by atoms with Crippen molar-refractivity contribution in [1.82, 2.24) is 34.8 Å². The van der Waals surface area contributed by atoms with Crippen molar-refractivity contribution >= 4 is 23.5 Å². The number of aromatic amines is 1. The van der Waals surface area contributed by atoms with Crippen LogP contribution in [0.4, 0.5) is 21.0 Å². The second-order valence-electron chi connectivity index (χ2n) is 11.4. The predicted molar refractivity (Wildman–Crippen MR) is 136 cm³/mol. The van der Waals surface area contributed by atoms with E-state index in [0.717, 1.165) is 62.6 Å². The smallest absolute Gasteiger partial charge is 0.407 e. The number of carbonyl (C=O) groups excluding carboxylic acids is 1. The van der Waals surface area contributed by atoms with E-state index in [4.69, 9.17) is 14.5 Å². The van der Waals surface area contributed by atoms with Crippen LogP contribution in [0, 0.1) is 5.92 Å². The SMILES string of the molecule is COCC1CCN1Cc1cn2c(Nc3cc([C@H]4CC[C@@H](OC(=O)NC56CC(C5)C6)[C@H]4F)[nH]n3)nccc2n1. The van der Waals surface area contributed by atoms with Gasteiger partial charge in [0.05, 0.1) is 12.3 Å². The van der Waals surface area contributed by atoms with Gasteiger partial charge in [-0.25, -0.2) is 19.2 Å². The maximum atomic E-state index is 15.3. The Balaban J connectivity index is 0.989. The van der Waals surface area contributed by atoms with E-state index in [1.807, 2.05) is 16.7 Å². The summed E-state index contributed by atoms with van der Waals surface area (Å²) in [4.78, 5) is 23.9. The summed E-state index contributed by atoms with van der Waals surface area (Å²) in [6, 6.07) is 4.10. The molecular weight excluding hydrogens is 491 g/mol. The van der Waals surface area contributed by atoms with Crippen LogP contribution in [0.25, 0.3) is 5.65 Å². The minimum Gasteiger partial charge on any atom is -0.443 e. The van der Waals surface area contributed by atoms with Crippen molar-refractivity contribution in [3.63, 3.8) is 0 Å². The zero-order valence-electron chi connectivity index (χ0n) is 21.4. The summed E-state index contributed by atoms with van der Waals surface area (Å²) in [5.74, 6) is 1.45. The number of anilines is 2. The average Bonchev–Trinajstić information content (AvgIpc) is 3.56. The fraction of sp³-hybridized carbons (Fsp3) is 0.615. The Kier molecular flexibility index (Phi) is 5.77. The van der Waals surface area contributed by atoms with Crippen LogP contribution in [0.15, 0.2) is 24.5 Å². The van der Waals surface area contributed by atoms with Crippen LogP contribution in [0.3, 0.4) is 0 Å². The molecule has 4 atom stereocenters. The molecule has 1 amide bonds. The number of halogens is 1. The number of ether oxygens (including phenoxy) is 2. The highest BCUT2D eigenvalue weighted by Crippen LogP contribution is 2.57. The van der Waals surface area contributed by atoms with Crippen LogP contribution in [-0.4, -0.2) is 79.7 Å². The normalized spacial score (nSPS) is 31.9. The second kappa shape index (κ2) is 9.19. The number of nitrogens with one attached hydrogen (secondary N) is 3. The molecular formula is C26H33FN8O3. The molecule has 5 aliphatic rings. The minimum absolute atomic E-state index is 0.0796. The summed E-state index contributed by atoms with van der Waals surface area (Å²) in [5, 5.41) is 13.5. The highest BCUT2D eigenvalue weighted by molar-refractivity contribution is 5.69. The molecule has 8 rings (SSSR count). The number of carbonyl (C=O) groups is 1. The third kappa shape index (κ3) is 4.19. The van der Waals surface area contributed by atoms with Gasteiger partial charge in [-0.1, -0.05) is 0 Å². The number of alkyl halides is 1. The quantitative estimate of drug-likeness (QED) is 0.390. The molecule has 4 heterocycles. The van der Waals surface area contributed by atoms with Gasteiger partial charge in [-0.15, -0.1) is 0 Å². The molecule has 4 saturated carbocycles. The molecule has 0 aromatic carbocycles. The maximum absolute atomic E-state index is 15.3. The summed E-state index contributed by atoms with van der Waals surface area (Å²) in [7, 11) is 1.73. The van der Waals surface area contributed by atoms with Crippen molar-refractivity contribution in [2.75, 3.05) is 25.6 Å². The third-order valence-corrected chi connectivity index (χ3v) is 8.82. The van der Waals surface area contributed by atoms with Crippen LogP contribution in [0.2, 0.25) is 0 Å². The van der Waals surface area contributed by atoms with E-state index in [2.05, 4.69) is 30.7 Å². The summed E-state index contributed by atoms with van der Waals surface area (Å²) in [6.45, 7) is 2.52. The molecule has 11 nitrogen and oxygen atoms in total. The van der Waals surface area contributed by atoms with Gasteiger partial charge < -0.3 is 20.1 Å². The van der Waals surface area contributed by atoms with Gasteiger partial charge in [0.15, 0.2) is 5.82 Å². The van der Waals surface area contributed by atoms with Crippen LogP contribution in [0.1, 0.15) is 55.8 Å². The van der Waals surface area contributed by atoms with E-state index in [1.54, 1.807) is 19.4 Å². The highest BCUT2D eigenvalue weighted by Gasteiger charge is 2.58. The van der Waals surface area contributed by atoms with Gasteiger partial charge in [-0.05, 0) is 50.5 Å². The van der Waals surface area contributed by atoms with Gasteiger partial charge in [0.1, 0.15) is 17.9 Å². The average molecular weight is 525 g/mol. The Bertz CT molecular complexity index is 1330. The van der Waals surface area contributed by atoms with E-state index in [-0.39, 0.29) is 5.54 Å². The molecule has 1 unspecified atom stereocenters. The lowest BCUT2D eigenvalue weighted by molar-refractivity contribution is -0.0532. The van der Waals surface area contributed by atoms with Gasteiger partial charge in [0.2, 0.25) is 5.95 Å². The lowest BCUT2D eigenvalue weighted by Crippen LogP contribution is -2.68. The van der Waals surface area contributed by atoms with Crippen molar-refractivity contribution in [3.8, 4) is 0 Å². The first-order valence-electron chi connectivity index (χ1n) is 13.5. The Morgan fingerprint density at radius 2 is 2.16 bits per heavy atom. The van der Waals surface area contributed by atoms with Crippen molar-refractivity contribution in [2.45, 2.75) is 74.8 Å². The van der Waals surface area contributed by atoms with E-state index in [9.17, 15) is 4.79 Å². The van der Waals surface area contributed by atoms with Gasteiger partial charge in [-0.2, -0.15) is 5.10 Å². The Morgan fingerprint density at radius 3 is 2.89 bits per heavy atom. The topological polar surface area (TPSA) is 122 Å². The number of H-pyrrole nitrogens is 1. The number of imidazole rings is 1. The molecule has 12 heteroatoms. The standard InChI is InChI=1S/C26H33FN8O3/c1-37-14-17-5-7-34(17)12-16-13-35-22(29-16)4-6-28-24(35)30-21-8-19(32-33-21)18-2-3-20(23(18)27)38-25(36)31-26-9-15(10-26)11-26/h4,6,8,13,15,17-18,20,23H,2-3,5,7,9-12,14H2,1H3,(H,31,36)(H2,28,30,32,33)/t15?,17?,18-,20-,23+,26?/m1/s1. The van der Waals surface area contributed by atoms with Crippen LogP contribution >= 0.6 is 0 Å². The Hall–Kier alpha value is -3.25. The van der Waals surface area contributed by atoms with Gasteiger partial charge in [-0.3, -0.25) is 14.4 Å². The molecule has 5 fully saturated rings. The molecule has 2 bridgehead atoms. The number of hydrogen-bond acceptors (Lipinski definition) is 8. The molecule has 4 aliphatic carbocycles. The summed E-state index contributed by atoms with van der Waals surface area (Å²) < 4.78 is 28.0. The zero-order chi connectivity index (χ0) is 25.9. The Morgan fingerprint density at radius 1 is 1.29 bits per heavy atom. The number of hydrogen-bond donors (Lipinski definition) is 3. The lowest BCUT2D eigenvalue weighted by atomic mass is 9.50. The van der Waals surface area contributed by atoms with Crippen LogP contribution in [-0.2, 0) is 16.0 Å². The first kappa shape index (κ1) is 23.8. The summed E-state index contributed by atoms with van der Waals surface area (Å²) >= 11 is 0. The molecule has 0 spiro atoms. The van der Waals surface area contributed by atoms with Crippen molar-refractivity contribution in [3.05, 3.63) is 35.9 Å². The van der Waals surface area contributed by atoms with Crippen LogP contribution in [0.5, 0.6) is 0 Å².